The smallest absolute Gasteiger partial charge is 0.354 e. The minimum absolute atomic E-state index is 0.101. The molecule has 16 heavy (non-hydrogen) atoms. The molecule has 86 valence electrons. The molecule has 0 unspecified atom stereocenters. The molecule has 0 spiro atoms. The number of hydrogen-bond donors (Lipinski definition) is 2. The van der Waals surface area contributed by atoms with Crippen molar-refractivity contribution in [2.45, 2.75) is 38.3 Å². The van der Waals surface area contributed by atoms with Crippen molar-refractivity contribution >= 4 is 5.97 Å². The molecule has 0 amide bonds. The van der Waals surface area contributed by atoms with E-state index in [2.05, 4.69) is 10.3 Å². The first-order chi connectivity index (χ1) is 7.75. The van der Waals surface area contributed by atoms with Gasteiger partial charge in [0.2, 0.25) is 0 Å². The van der Waals surface area contributed by atoms with Crippen molar-refractivity contribution in [2.75, 3.05) is 0 Å². The molecule has 4 heteroatoms. The van der Waals surface area contributed by atoms with E-state index in [-0.39, 0.29) is 5.69 Å². The van der Waals surface area contributed by atoms with Gasteiger partial charge in [-0.15, -0.1) is 0 Å². The van der Waals surface area contributed by atoms with Crippen LogP contribution in [-0.2, 0) is 6.54 Å². The SMILES string of the molecule is O=C(O)c1ccc(CNC2CCCC2)cn1. The van der Waals surface area contributed by atoms with Crippen LogP contribution in [-0.4, -0.2) is 22.1 Å². The molecule has 1 aromatic heterocycles. The topological polar surface area (TPSA) is 62.2 Å². The average Bonchev–Trinajstić information content (AvgIpc) is 2.80. The second-order valence-electron chi connectivity index (χ2n) is 4.22. The lowest BCUT2D eigenvalue weighted by molar-refractivity contribution is 0.0690. The average molecular weight is 220 g/mol. The van der Waals surface area contributed by atoms with Crippen molar-refractivity contribution in [2.24, 2.45) is 0 Å². The van der Waals surface area contributed by atoms with Crippen molar-refractivity contribution < 1.29 is 9.90 Å². The number of aromatic nitrogens is 1. The zero-order chi connectivity index (χ0) is 11.4. The Morgan fingerprint density at radius 1 is 1.44 bits per heavy atom. The predicted molar refractivity (Wildman–Crippen MR) is 60.3 cm³/mol. The minimum atomic E-state index is -0.977. The zero-order valence-electron chi connectivity index (χ0n) is 9.15. The first-order valence-corrected chi connectivity index (χ1v) is 5.67. The molecule has 1 fully saturated rings. The van der Waals surface area contributed by atoms with Crippen molar-refractivity contribution in [1.29, 1.82) is 0 Å². The van der Waals surface area contributed by atoms with Gasteiger partial charge in [0.25, 0.3) is 0 Å². The molecular formula is C12H16N2O2. The maximum atomic E-state index is 10.6. The number of aromatic carboxylic acids is 1. The third kappa shape index (κ3) is 2.79. The van der Waals surface area contributed by atoms with Gasteiger partial charge in [0, 0.05) is 18.8 Å². The Kier molecular flexibility index (Phi) is 3.51. The molecule has 2 rings (SSSR count). The molecule has 0 aromatic carbocycles. The van der Waals surface area contributed by atoms with Crippen LogP contribution in [0.2, 0.25) is 0 Å². The summed E-state index contributed by atoms with van der Waals surface area (Å²) in [4.78, 5) is 14.5. The fourth-order valence-corrected chi connectivity index (χ4v) is 2.05. The fraction of sp³-hybridized carbons (Fsp3) is 0.500. The zero-order valence-corrected chi connectivity index (χ0v) is 9.15. The molecule has 2 N–H and O–H groups in total. The molecule has 1 heterocycles. The van der Waals surface area contributed by atoms with Crippen LogP contribution in [0.1, 0.15) is 41.7 Å². The molecule has 1 saturated carbocycles. The van der Waals surface area contributed by atoms with Gasteiger partial charge >= 0.3 is 5.97 Å². The van der Waals surface area contributed by atoms with E-state index in [0.717, 1.165) is 12.1 Å². The van der Waals surface area contributed by atoms with E-state index in [1.165, 1.54) is 25.7 Å². The number of hydrogen-bond acceptors (Lipinski definition) is 3. The van der Waals surface area contributed by atoms with Crippen LogP contribution in [0.3, 0.4) is 0 Å². The molecule has 1 aromatic rings. The number of carboxylic acids is 1. The summed E-state index contributed by atoms with van der Waals surface area (Å²) in [5.74, 6) is -0.977. The van der Waals surface area contributed by atoms with Crippen LogP contribution in [0.15, 0.2) is 18.3 Å². The van der Waals surface area contributed by atoms with Gasteiger partial charge in [0.1, 0.15) is 5.69 Å². The summed E-state index contributed by atoms with van der Waals surface area (Å²) >= 11 is 0. The molecule has 1 aliphatic rings. The molecule has 0 aliphatic heterocycles. The van der Waals surface area contributed by atoms with E-state index in [1.807, 2.05) is 6.07 Å². The number of carboxylic acid groups (broad SMARTS) is 1. The molecule has 0 bridgehead atoms. The summed E-state index contributed by atoms with van der Waals surface area (Å²) in [5.41, 5.74) is 1.14. The van der Waals surface area contributed by atoms with Crippen molar-refractivity contribution in [3.05, 3.63) is 29.6 Å². The number of carbonyl (C=O) groups is 1. The van der Waals surface area contributed by atoms with E-state index in [1.54, 1.807) is 12.3 Å². The van der Waals surface area contributed by atoms with Gasteiger partial charge in [-0.1, -0.05) is 18.9 Å². The summed E-state index contributed by atoms with van der Waals surface area (Å²) in [7, 11) is 0. The van der Waals surface area contributed by atoms with Gasteiger partial charge in [0.15, 0.2) is 0 Å². The van der Waals surface area contributed by atoms with E-state index >= 15 is 0 Å². The number of nitrogens with zero attached hydrogens (tertiary/aromatic N) is 1. The van der Waals surface area contributed by atoms with Crippen LogP contribution in [0, 0.1) is 0 Å². The van der Waals surface area contributed by atoms with Crippen LogP contribution in [0.5, 0.6) is 0 Å². The van der Waals surface area contributed by atoms with Crippen molar-refractivity contribution in [3.8, 4) is 0 Å². The molecule has 1 aliphatic carbocycles. The maximum absolute atomic E-state index is 10.6. The molecule has 0 saturated heterocycles. The Hall–Kier alpha value is -1.42. The quantitative estimate of drug-likeness (QED) is 0.812. The lowest BCUT2D eigenvalue weighted by Crippen LogP contribution is -2.25. The van der Waals surface area contributed by atoms with Crippen LogP contribution < -0.4 is 5.32 Å². The standard InChI is InChI=1S/C12H16N2O2/c15-12(16)11-6-5-9(8-14-11)7-13-10-3-1-2-4-10/h5-6,8,10,13H,1-4,7H2,(H,15,16). The van der Waals surface area contributed by atoms with Crippen molar-refractivity contribution in [1.82, 2.24) is 10.3 Å². The Morgan fingerprint density at radius 2 is 2.19 bits per heavy atom. The van der Waals surface area contributed by atoms with E-state index in [9.17, 15) is 4.79 Å². The number of nitrogens with one attached hydrogen (secondary N) is 1. The lowest BCUT2D eigenvalue weighted by Gasteiger charge is -2.11. The molecule has 0 radical (unpaired) electrons. The van der Waals surface area contributed by atoms with Crippen LogP contribution in [0.25, 0.3) is 0 Å². The highest BCUT2D eigenvalue weighted by Crippen LogP contribution is 2.17. The van der Waals surface area contributed by atoms with Gasteiger partial charge in [-0.2, -0.15) is 0 Å². The Balaban J connectivity index is 1.87. The van der Waals surface area contributed by atoms with Crippen molar-refractivity contribution in [3.63, 3.8) is 0 Å². The first-order valence-electron chi connectivity index (χ1n) is 5.67. The predicted octanol–water partition coefficient (Wildman–Crippen LogP) is 1.81. The highest BCUT2D eigenvalue weighted by atomic mass is 16.4. The third-order valence-corrected chi connectivity index (χ3v) is 2.99. The molecule has 0 atom stereocenters. The van der Waals surface area contributed by atoms with Gasteiger partial charge < -0.3 is 10.4 Å². The second kappa shape index (κ2) is 5.07. The summed E-state index contributed by atoms with van der Waals surface area (Å²) in [5, 5.41) is 12.2. The number of pyridine rings is 1. The lowest BCUT2D eigenvalue weighted by atomic mass is 10.2. The maximum Gasteiger partial charge on any atom is 0.354 e. The van der Waals surface area contributed by atoms with Crippen LogP contribution >= 0.6 is 0 Å². The van der Waals surface area contributed by atoms with Crippen LogP contribution in [0.4, 0.5) is 0 Å². The highest BCUT2D eigenvalue weighted by Gasteiger charge is 2.13. The summed E-state index contributed by atoms with van der Waals surface area (Å²) in [6.07, 6.45) is 6.76. The van der Waals surface area contributed by atoms with Gasteiger partial charge in [-0.3, -0.25) is 0 Å². The summed E-state index contributed by atoms with van der Waals surface area (Å²) in [6, 6.07) is 3.99. The monoisotopic (exact) mass is 220 g/mol. The molecule has 4 nitrogen and oxygen atoms in total. The van der Waals surface area contributed by atoms with E-state index in [4.69, 9.17) is 5.11 Å². The van der Waals surface area contributed by atoms with Gasteiger partial charge in [-0.25, -0.2) is 9.78 Å². The summed E-state index contributed by atoms with van der Waals surface area (Å²) in [6.45, 7) is 0.775. The Labute approximate surface area is 94.7 Å². The minimum Gasteiger partial charge on any atom is -0.477 e. The highest BCUT2D eigenvalue weighted by molar-refractivity contribution is 5.85. The van der Waals surface area contributed by atoms with Gasteiger partial charge in [-0.05, 0) is 24.5 Å². The fourth-order valence-electron chi connectivity index (χ4n) is 2.05. The third-order valence-electron chi connectivity index (χ3n) is 2.99. The normalized spacial score (nSPS) is 16.5. The number of rotatable bonds is 4. The Bertz CT molecular complexity index is 356. The largest absolute Gasteiger partial charge is 0.477 e. The van der Waals surface area contributed by atoms with E-state index in [0.29, 0.717) is 6.04 Å². The first kappa shape index (κ1) is 11.1. The Morgan fingerprint density at radius 3 is 2.75 bits per heavy atom. The molecular weight excluding hydrogens is 204 g/mol. The second-order valence-corrected chi connectivity index (χ2v) is 4.22. The van der Waals surface area contributed by atoms with E-state index < -0.39 is 5.97 Å². The summed E-state index contributed by atoms with van der Waals surface area (Å²) < 4.78 is 0. The van der Waals surface area contributed by atoms with Gasteiger partial charge in [0.05, 0.1) is 0 Å².